The molecule has 13 rings (SSSR count). The fourth-order valence-electron chi connectivity index (χ4n) is 10.5. The predicted octanol–water partition coefficient (Wildman–Crippen LogP) is 17.3. The Labute approximate surface area is 422 Å². The first-order valence-corrected chi connectivity index (χ1v) is 23.9. The van der Waals surface area contributed by atoms with Gasteiger partial charge in [0.1, 0.15) is 5.82 Å². The normalized spacial score (nSPS) is 13.1. The molecule has 10 aromatic carbocycles. The Kier molecular flexibility index (Phi) is 10.2. The fourth-order valence-corrected chi connectivity index (χ4v) is 10.5. The molecule has 0 saturated heterocycles. The van der Waals surface area contributed by atoms with Crippen LogP contribution in [0.3, 0.4) is 0 Å². The minimum Gasteiger partial charge on any atom is -0.509 e. The Morgan fingerprint density at radius 3 is 1.79 bits per heavy atom. The van der Waals surface area contributed by atoms with Crippen molar-refractivity contribution in [3.8, 4) is 17.3 Å². The maximum Gasteiger partial charge on any atom is 0.144 e. The number of anilines is 4. The second kappa shape index (κ2) is 16.3. The van der Waals surface area contributed by atoms with Crippen molar-refractivity contribution < 1.29 is 25.8 Å². The molecule has 3 heterocycles. The van der Waals surface area contributed by atoms with E-state index in [2.05, 4.69) is 239 Å². The Morgan fingerprint density at radius 1 is 0.471 bits per heavy atom. The number of rotatable bonds is 5. The zero-order valence-corrected chi connectivity index (χ0v) is 42.2. The van der Waals surface area contributed by atoms with Crippen LogP contribution in [0.2, 0.25) is 0 Å². The van der Waals surface area contributed by atoms with Crippen molar-refractivity contribution in [3.05, 3.63) is 212 Å². The number of benzene rings is 10. The molecular weight excluding hydrogens is 1040 g/mol. The summed E-state index contributed by atoms with van der Waals surface area (Å²) >= 11 is 0. The Hall–Kier alpha value is -7.46. The number of fused-ring (bicyclic) bond motifs is 13. The van der Waals surface area contributed by atoms with Crippen molar-refractivity contribution in [2.24, 2.45) is 0 Å². The minimum absolute atomic E-state index is 0. The molecule has 5 nitrogen and oxygen atoms in total. The van der Waals surface area contributed by atoms with Gasteiger partial charge in [-0.2, -0.15) is 12.1 Å². The monoisotopic (exact) mass is 1080 g/mol. The third kappa shape index (κ3) is 7.04. The third-order valence-corrected chi connectivity index (χ3v) is 14.1. The van der Waals surface area contributed by atoms with Gasteiger partial charge in [0.2, 0.25) is 0 Å². The molecule has 12 aromatic rings. The van der Waals surface area contributed by atoms with E-state index in [1.165, 1.54) is 48.8 Å². The summed E-state index contributed by atoms with van der Waals surface area (Å²) in [6, 6.07) is 72.6. The second-order valence-electron chi connectivity index (χ2n) is 20.5. The maximum atomic E-state index is 6.78. The van der Waals surface area contributed by atoms with Crippen LogP contribution in [0.1, 0.15) is 52.7 Å². The zero-order valence-electron chi connectivity index (χ0n) is 39.9. The first kappa shape index (κ1) is 43.8. The van der Waals surface area contributed by atoms with Gasteiger partial charge < -0.3 is 19.1 Å². The number of para-hydroxylation sites is 3. The van der Waals surface area contributed by atoms with Gasteiger partial charge in [-0.05, 0) is 102 Å². The maximum absolute atomic E-state index is 6.78. The van der Waals surface area contributed by atoms with Crippen molar-refractivity contribution in [1.82, 2.24) is 9.55 Å². The van der Waals surface area contributed by atoms with Crippen molar-refractivity contribution in [3.63, 3.8) is 0 Å². The topological polar surface area (TPSA) is 33.5 Å². The number of ether oxygens (including phenoxy) is 1. The molecule has 1 aliphatic rings. The van der Waals surface area contributed by atoms with Crippen molar-refractivity contribution >= 4 is 98.5 Å². The van der Waals surface area contributed by atoms with Crippen molar-refractivity contribution in [2.45, 2.75) is 52.4 Å². The van der Waals surface area contributed by atoms with E-state index < -0.39 is 0 Å². The Bertz CT molecular complexity index is 4050. The average Bonchev–Trinajstić information content (AvgIpc) is 3.91. The number of pyridine rings is 1. The van der Waals surface area contributed by atoms with Crippen LogP contribution in [0, 0.1) is 18.8 Å². The van der Waals surface area contributed by atoms with Gasteiger partial charge in [-0.15, -0.1) is 48.1 Å². The molecule has 0 saturated carbocycles. The summed E-state index contributed by atoms with van der Waals surface area (Å²) in [4.78, 5) is 10.2. The molecular formula is C64H49N4OPt-3. The summed E-state index contributed by atoms with van der Waals surface area (Å²) < 4.78 is 9.07. The smallest absolute Gasteiger partial charge is 0.144 e. The molecule has 0 spiro atoms. The molecule has 0 unspecified atom stereocenters. The van der Waals surface area contributed by atoms with E-state index in [9.17, 15) is 0 Å². The van der Waals surface area contributed by atoms with Gasteiger partial charge in [0.15, 0.2) is 0 Å². The van der Waals surface area contributed by atoms with E-state index in [1.807, 2.05) is 18.2 Å². The largest absolute Gasteiger partial charge is 0.509 e. The average molecular weight is 1090 g/mol. The molecule has 2 aromatic heterocycles. The summed E-state index contributed by atoms with van der Waals surface area (Å²) in [5, 5.41) is 12.9. The molecule has 0 aliphatic carbocycles. The third-order valence-electron chi connectivity index (χ3n) is 14.1. The van der Waals surface area contributed by atoms with Crippen LogP contribution < -0.4 is 14.5 Å². The Morgan fingerprint density at radius 2 is 1.06 bits per heavy atom. The second-order valence-corrected chi connectivity index (χ2v) is 20.5. The van der Waals surface area contributed by atoms with Gasteiger partial charge in [-0.3, -0.25) is 0 Å². The van der Waals surface area contributed by atoms with E-state index in [1.54, 1.807) is 0 Å². The number of nitrogens with zero attached hydrogens (tertiary/aromatic N) is 4. The van der Waals surface area contributed by atoms with Gasteiger partial charge >= 0.3 is 0 Å². The van der Waals surface area contributed by atoms with Gasteiger partial charge in [0.25, 0.3) is 0 Å². The van der Waals surface area contributed by atoms with Gasteiger partial charge in [0, 0.05) is 71.3 Å². The number of aromatic nitrogens is 2. The summed E-state index contributed by atoms with van der Waals surface area (Å²) in [7, 11) is 0. The van der Waals surface area contributed by atoms with Gasteiger partial charge in [-0.1, -0.05) is 156 Å². The molecule has 70 heavy (non-hydrogen) atoms. The van der Waals surface area contributed by atoms with E-state index in [-0.39, 0.29) is 31.9 Å². The minimum atomic E-state index is -0.0114. The summed E-state index contributed by atoms with van der Waals surface area (Å²) in [5.41, 5.74) is 9.68. The van der Waals surface area contributed by atoms with E-state index in [0.29, 0.717) is 11.5 Å². The molecule has 0 bridgehead atoms. The molecule has 1 aliphatic heterocycles. The summed E-state index contributed by atoms with van der Waals surface area (Å²) in [5.74, 6) is 2.04. The fraction of sp³-hybridized carbons (Fsp3) is 0.125. The summed E-state index contributed by atoms with van der Waals surface area (Å²) in [6.45, 7) is 15.9. The van der Waals surface area contributed by atoms with Crippen LogP contribution in [0.5, 0.6) is 11.5 Å². The Balaban J connectivity index is 0.00000505. The summed E-state index contributed by atoms with van der Waals surface area (Å²) in [6.07, 6.45) is 0. The number of hydrogen-bond donors (Lipinski definition) is 0. The molecule has 6 heteroatoms. The van der Waals surface area contributed by atoms with E-state index in [0.717, 1.165) is 66.7 Å². The number of hydrogen-bond acceptors (Lipinski definition) is 4. The molecule has 0 amide bonds. The van der Waals surface area contributed by atoms with Crippen LogP contribution in [-0.2, 0) is 31.9 Å². The van der Waals surface area contributed by atoms with Crippen molar-refractivity contribution in [2.75, 3.05) is 9.80 Å². The molecule has 0 N–H and O–H groups in total. The van der Waals surface area contributed by atoms with Gasteiger partial charge in [-0.25, -0.2) is 4.98 Å². The molecule has 0 atom stereocenters. The van der Waals surface area contributed by atoms with Crippen molar-refractivity contribution in [1.29, 1.82) is 0 Å². The first-order chi connectivity index (χ1) is 33.5. The van der Waals surface area contributed by atoms with Gasteiger partial charge in [0.05, 0.1) is 5.52 Å². The van der Waals surface area contributed by atoms with Crippen LogP contribution in [0.25, 0.3) is 81.6 Å². The predicted molar refractivity (Wildman–Crippen MR) is 289 cm³/mol. The van der Waals surface area contributed by atoms with Crippen LogP contribution in [-0.4, -0.2) is 9.55 Å². The van der Waals surface area contributed by atoms with Crippen LogP contribution in [0.4, 0.5) is 22.7 Å². The molecule has 0 radical (unpaired) electrons. The molecule has 344 valence electrons. The van der Waals surface area contributed by atoms with E-state index >= 15 is 0 Å². The SMILES string of the molecule is CC(C)(C)c1cc(N2[CH-]N(c3[c-]c(Oc4[c-]c5c(cc4)c4ccccc4n5-c4nc5ccc6ccc7ccccc7c6c5c5c4ccc4ccccc45)ccc3)c3ccccc32)cc(C(C)(C)C)c1.[Pt]. The van der Waals surface area contributed by atoms with E-state index in [4.69, 9.17) is 9.72 Å². The molecule has 0 fully saturated rings. The zero-order chi connectivity index (χ0) is 46.8. The van der Waals surface area contributed by atoms with Crippen LogP contribution in [0.15, 0.2) is 182 Å². The standard InChI is InChI=1S/C64H49N4O.Pt/c1-63(2,3)43-34-44(64(4,5)6)36-46(35-43)67-39-66(56-24-13-14-25-57(56)67)45-18-15-19-47(37-45)69-48-30-32-52-51-22-11-12-23-55(51)68(58(52)38-48)62-53-31-28-41-17-8-10-21-50(41)60(53)61-54(65-62)33-29-42-27-26-40-16-7-9-20-49(40)59(42)61;/h7-36,39H,1-6H3;/q-3;. The first-order valence-electron chi connectivity index (χ1n) is 23.9. The quantitative estimate of drug-likeness (QED) is 0.127. The van der Waals surface area contributed by atoms with Crippen LogP contribution >= 0.6 is 0 Å².